The number of nitrogens with one attached hydrogen (secondary N) is 1. The SMILES string of the molecule is CCCCc1nc(-n2cnc3ccc(F)cc32)nc2c1[nH]c(=O)n2[C@@H]1CCOc2c(F)cccc21. The van der Waals surface area contributed by atoms with Crippen LogP contribution in [0.5, 0.6) is 5.75 Å². The van der Waals surface area contributed by atoms with Crippen molar-refractivity contribution >= 4 is 22.2 Å². The molecule has 0 aliphatic carbocycles. The van der Waals surface area contributed by atoms with Gasteiger partial charge in [-0.3, -0.25) is 9.13 Å². The topological polar surface area (TPSA) is 90.6 Å². The Morgan fingerprint density at radius 2 is 2.09 bits per heavy atom. The fourth-order valence-corrected chi connectivity index (χ4v) is 4.75. The van der Waals surface area contributed by atoms with Gasteiger partial charge < -0.3 is 9.72 Å². The Morgan fingerprint density at radius 3 is 2.94 bits per heavy atom. The number of imidazole rings is 2. The van der Waals surface area contributed by atoms with E-state index in [0.29, 0.717) is 46.3 Å². The maximum atomic E-state index is 14.4. The second kappa shape index (κ2) is 8.30. The summed E-state index contributed by atoms with van der Waals surface area (Å²) < 4.78 is 37.2. The molecule has 0 fully saturated rings. The number of para-hydroxylation sites is 1. The quantitative estimate of drug-likeness (QED) is 0.405. The summed E-state index contributed by atoms with van der Waals surface area (Å²) in [5, 5.41) is 0. The van der Waals surface area contributed by atoms with Gasteiger partial charge in [-0.2, -0.15) is 4.98 Å². The zero-order chi connectivity index (χ0) is 24.1. The number of H-pyrrole nitrogens is 1. The van der Waals surface area contributed by atoms with Gasteiger partial charge in [0, 0.05) is 18.1 Å². The van der Waals surface area contributed by atoms with Gasteiger partial charge in [-0.25, -0.2) is 23.5 Å². The van der Waals surface area contributed by atoms with Gasteiger partial charge >= 0.3 is 5.69 Å². The van der Waals surface area contributed by atoms with Crippen molar-refractivity contribution in [3.8, 4) is 11.7 Å². The van der Waals surface area contributed by atoms with Gasteiger partial charge in [0.1, 0.15) is 17.7 Å². The molecule has 2 aromatic carbocycles. The van der Waals surface area contributed by atoms with Gasteiger partial charge in [0.05, 0.1) is 29.4 Å². The lowest BCUT2D eigenvalue weighted by atomic mass is 10.00. The van der Waals surface area contributed by atoms with Crippen LogP contribution >= 0.6 is 0 Å². The molecule has 0 spiro atoms. The van der Waals surface area contributed by atoms with E-state index in [9.17, 15) is 13.6 Å². The fourth-order valence-electron chi connectivity index (χ4n) is 4.75. The molecule has 0 amide bonds. The minimum Gasteiger partial charge on any atom is -0.490 e. The molecular weight excluding hydrogens is 454 g/mol. The molecule has 1 aliphatic rings. The summed E-state index contributed by atoms with van der Waals surface area (Å²) in [6, 6.07) is 8.57. The van der Waals surface area contributed by atoms with E-state index in [1.807, 2.05) is 0 Å². The molecule has 0 radical (unpaired) electrons. The Balaban J connectivity index is 1.60. The molecule has 0 saturated carbocycles. The van der Waals surface area contributed by atoms with Crippen LogP contribution in [-0.4, -0.2) is 35.7 Å². The lowest BCUT2D eigenvalue weighted by Crippen LogP contribution is -2.28. The first-order chi connectivity index (χ1) is 17.0. The summed E-state index contributed by atoms with van der Waals surface area (Å²) in [4.78, 5) is 30.0. The van der Waals surface area contributed by atoms with Crippen molar-refractivity contribution in [2.45, 2.75) is 38.6 Å². The normalized spacial score (nSPS) is 15.5. The molecule has 1 aliphatic heterocycles. The third kappa shape index (κ3) is 3.48. The first-order valence-electron chi connectivity index (χ1n) is 11.6. The van der Waals surface area contributed by atoms with Crippen molar-refractivity contribution in [2.24, 2.45) is 0 Å². The minimum absolute atomic E-state index is 0.154. The first-order valence-corrected chi connectivity index (χ1v) is 11.6. The number of hydrogen-bond donors (Lipinski definition) is 1. The smallest absolute Gasteiger partial charge is 0.328 e. The van der Waals surface area contributed by atoms with Crippen LogP contribution in [0.25, 0.3) is 28.1 Å². The third-order valence-corrected chi connectivity index (χ3v) is 6.43. The van der Waals surface area contributed by atoms with E-state index in [-0.39, 0.29) is 24.0 Å². The minimum atomic E-state index is -0.467. The molecule has 178 valence electrons. The summed E-state index contributed by atoms with van der Waals surface area (Å²) in [5.74, 6) is -0.422. The van der Waals surface area contributed by atoms with Crippen molar-refractivity contribution < 1.29 is 13.5 Å². The molecule has 10 heteroatoms. The van der Waals surface area contributed by atoms with Crippen LogP contribution in [-0.2, 0) is 6.42 Å². The lowest BCUT2D eigenvalue weighted by molar-refractivity contribution is 0.244. The number of aromatic amines is 1. The van der Waals surface area contributed by atoms with E-state index in [1.165, 1.54) is 18.2 Å². The van der Waals surface area contributed by atoms with Crippen LogP contribution < -0.4 is 10.4 Å². The molecule has 0 unspecified atom stereocenters. The van der Waals surface area contributed by atoms with Crippen LogP contribution in [0.2, 0.25) is 0 Å². The summed E-state index contributed by atoms with van der Waals surface area (Å²) in [6.07, 6.45) is 4.46. The van der Waals surface area contributed by atoms with Crippen molar-refractivity contribution in [1.29, 1.82) is 0 Å². The number of hydrogen-bond acceptors (Lipinski definition) is 5. The second-order valence-corrected chi connectivity index (χ2v) is 8.63. The number of fused-ring (bicyclic) bond motifs is 3. The standard InChI is InChI=1S/C25H22F2N6O2/c1-2-3-7-18-21-23(31-24(29-18)32-13-28-17-9-8-14(26)12-20(17)32)33(25(34)30-21)19-10-11-35-22-15(19)5-4-6-16(22)27/h4-6,8-9,12-13,19H,2-3,7,10-11H2,1H3,(H,30,34)/t19-/m1/s1. The maximum absolute atomic E-state index is 14.4. The number of unbranched alkanes of at least 4 members (excludes halogenated alkanes) is 1. The number of benzene rings is 2. The Labute approximate surface area is 198 Å². The average Bonchev–Trinajstić information content (AvgIpc) is 3.42. The van der Waals surface area contributed by atoms with Crippen LogP contribution in [0.3, 0.4) is 0 Å². The fraction of sp³-hybridized carbons (Fsp3) is 0.280. The molecule has 4 heterocycles. The highest BCUT2D eigenvalue weighted by Crippen LogP contribution is 2.37. The summed E-state index contributed by atoms with van der Waals surface area (Å²) >= 11 is 0. The highest BCUT2D eigenvalue weighted by Gasteiger charge is 2.29. The molecule has 8 nitrogen and oxygen atoms in total. The highest BCUT2D eigenvalue weighted by molar-refractivity contribution is 5.78. The maximum Gasteiger partial charge on any atom is 0.328 e. The Kier molecular flexibility index (Phi) is 5.09. The largest absolute Gasteiger partial charge is 0.490 e. The monoisotopic (exact) mass is 476 g/mol. The van der Waals surface area contributed by atoms with Crippen LogP contribution in [0.4, 0.5) is 8.78 Å². The molecule has 1 atom stereocenters. The van der Waals surface area contributed by atoms with E-state index < -0.39 is 17.7 Å². The Bertz CT molecular complexity index is 1640. The Morgan fingerprint density at radius 1 is 1.20 bits per heavy atom. The van der Waals surface area contributed by atoms with Crippen molar-refractivity contribution in [1.82, 2.24) is 29.1 Å². The van der Waals surface area contributed by atoms with Gasteiger partial charge in [-0.1, -0.05) is 25.5 Å². The molecule has 3 aromatic heterocycles. The molecule has 6 rings (SSSR count). The average molecular weight is 476 g/mol. The number of aryl methyl sites for hydroxylation is 1. The van der Waals surface area contributed by atoms with Gasteiger partial charge in [0.2, 0.25) is 5.95 Å². The van der Waals surface area contributed by atoms with Crippen molar-refractivity contribution in [3.05, 3.63) is 76.1 Å². The van der Waals surface area contributed by atoms with Gasteiger partial charge in [-0.05, 0) is 31.0 Å². The zero-order valence-electron chi connectivity index (χ0n) is 19.0. The summed E-state index contributed by atoms with van der Waals surface area (Å²) in [6.45, 7) is 2.34. The van der Waals surface area contributed by atoms with Crippen LogP contribution in [0.1, 0.15) is 43.5 Å². The van der Waals surface area contributed by atoms with Crippen molar-refractivity contribution in [3.63, 3.8) is 0 Å². The summed E-state index contributed by atoms with van der Waals surface area (Å²) in [7, 11) is 0. The number of aromatic nitrogens is 6. The van der Waals surface area contributed by atoms with Gasteiger partial charge in [0.15, 0.2) is 17.2 Å². The van der Waals surface area contributed by atoms with Gasteiger partial charge in [-0.15, -0.1) is 0 Å². The van der Waals surface area contributed by atoms with E-state index in [1.54, 1.807) is 33.7 Å². The van der Waals surface area contributed by atoms with Gasteiger partial charge in [0.25, 0.3) is 0 Å². The first kappa shape index (κ1) is 21.5. The van der Waals surface area contributed by atoms with E-state index in [2.05, 4.69) is 16.9 Å². The number of rotatable bonds is 5. The van der Waals surface area contributed by atoms with E-state index >= 15 is 0 Å². The van der Waals surface area contributed by atoms with Crippen LogP contribution in [0, 0.1) is 11.6 Å². The molecule has 1 N–H and O–H groups in total. The van der Waals surface area contributed by atoms with E-state index in [0.717, 1.165) is 12.8 Å². The second-order valence-electron chi connectivity index (χ2n) is 8.63. The number of halogens is 2. The molecular formula is C25H22F2N6O2. The zero-order valence-corrected chi connectivity index (χ0v) is 19.0. The highest BCUT2D eigenvalue weighted by atomic mass is 19.1. The van der Waals surface area contributed by atoms with Crippen LogP contribution in [0.15, 0.2) is 47.5 Å². The Hall–Kier alpha value is -4.08. The molecule has 5 aromatic rings. The predicted octanol–water partition coefficient (Wildman–Crippen LogP) is 4.45. The lowest BCUT2D eigenvalue weighted by Gasteiger charge is -2.26. The van der Waals surface area contributed by atoms with E-state index in [4.69, 9.17) is 14.7 Å². The summed E-state index contributed by atoms with van der Waals surface area (Å²) in [5.41, 5.74) is 3.00. The number of ether oxygens (including phenoxy) is 1. The third-order valence-electron chi connectivity index (χ3n) is 6.43. The predicted molar refractivity (Wildman–Crippen MR) is 126 cm³/mol. The molecule has 35 heavy (non-hydrogen) atoms. The number of nitrogens with zero attached hydrogens (tertiary/aromatic N) is 5. The molecule has 0 bridgehead atoms. The molecule has 0 saturated heterocycles. The van der Waals surface area contributed by atoms with Crippen molar-refractivity contribution in [2.75, 3.05) is 6.61 Å².